The zero-order chi connectivity index (χ0) is 27.9. The summed E-state index contributed by atoms with van der Waals surface area (Å²) in [7, 11) is 0. The van der Waals surface area contributed by atoms with Gasteiger partial charge in [-0.1, -0.05) is 71.6 Å². The summed E-state index contributed by atoms with van der Waals surface area (Å²) in [4.78, 5) is 12.9. The Morgan fingerprint density at radius 3 is 2.64 bits per heavy atom. The number of rotatable bonds is 8. The lowest BCUT2D eigenvalue weighted by atomic mass is 9.47. The summed E-state index contributed by atoms with van der Waals surface area (Å²) in [6, 6.07) is 6.07. The molecule has 0 heterocycles. The molecule has 0 aromatic heterocycles. The summed E-state index contributed by atoms with van der Waals surface area (Å²) in [6.45, 7) is 12.4. The molecule has 0 spiro atoms. The van der Waals surface area contributed by atoms with E-state index in [1.165, 1.54) is 69.1 Å². The minimum absolute atomic E-state index is 0.0325. The van der Waals surface area contributed by atoms with E-state index in [1.807, 2.05) is 0 Å². The van der Waals surface area contributed by atoms with Crippen LogP contribution < -0.4 is 5.23 Å². The molecule has 1 N–H and O–H groups in total. The fourth-order valence-corrected chi connectivity index (χ4v) is 9.72. The number of hydrogen-bond acceptors (Lipinski definition) is 5. The molecular weight excluding hydrogens is 486 g/mol. The molecule has 3 saturated carbocycles. The Hall–Kier alpha value is -1.85. The molecule has 3 fully saturated rings. The van der Waals surface area contributed by atoms with Gasteiger partial charge in [0.15, 0.2) is 0 Å². The van der Waals surface area contributed by atoms with Gasteiger partial charge in [0, 0.05) is 6.42 Å². The van der Waals surface area contributed by atoms with Crippen LogP contribution >= 0.6 is 0 Å². The van der Waals surface area contributed by atoms with Crippen molar-refractivity contribution in [2.45, 2.75) is 111 Å². The first-order valence-corrected chi connectivity index (χ1v) is 15.7. The Balaban J connectivity index is 1.24. The van der Waals surface area contributed by atoms with Gasteiger partial charge in [0.1, 0.15) is 6.10 Å². The van der Waals surface area contributed by atoms with Crippen molar-refractivity contribution in [1.29, 1.82) is 0 Å². The van der Waals surface area contributed by atoms with Gasteiger partial charge in [0.05, 0.1) is 11.3 Å². The predicted octanol–water partition coefficient (Wildman–Crippen LogP) is 8.95. The Kier molecular flexibility index (Phi) is 8.23. The van der Waals surface area contributed by atoms with Crippen LogP contribution in [-0.4, -0.2) is 17.3 Å². The molecule has 5 nitrogen and oxygen atoms in total. The van der Waals surface area contributed by atoms with E-state index in [1.54, 1.807) is 12.1 Å². The molecule has 0 unspecified atom stereocenters. The number of allylic oxidation sites excluding steroid dienone is 1. The average molecular weight is 537 g/mol. The maximum absolute atomic E-state index is 12.9. The average Bonchev–Trinajstić information content (AvgIpc) is 3.26. The van der Waals surface area contributed by atoms with Crippen molar-refractivity contribution < 1.29 is 14.7 Å². The molecule has 1 aromatic rings. The third-order valence-electron chi connectivity index (χ3n) is 11.8. The van der Waals surface area contributed by atoms with Crippen molar-refractivity contribution in [1.82, 2.24) is 0 Å². The second-order valence-corrected chi connectivity index (χ2v) is 14.4. The minimum Gasteiger partial charge on any atom is -0.733 e. The smallest absolute Gasteiger partial charge is 0.338 e. The zero-order valence-electron chi connectivity index (χ0n) is 24.8. The van der Waals surface area contributed by atoms with Crippen LogP contribution in [0.4, 0.5) is 5.69 Å². The van der Waals surface area contributed by atoms with Crippen molar-refractivity contribution in [3.63, 3.8) is 0 Å². The highest BCUT2D eigenvalue weighted by Crippen LogP contribution is 2.67. The van der Waals surface area contributed by atoms with E-state index >= 15 is 0 Å². The van der Waals surface area contributed by atoms with Crippen molar-refractivity contribution >= 4 is 11.7 Å². The van der Waals surface area contributed by atoms with Crippen LogP contribution in [0, 0.1) is 51.5 Å². The number of esters is 1. The van der Waals surface area contributed by atoms with Gasteiger partial charge < -0.3 is 15.2 Å². The van der Waals surface area contributed by atoms with E-state index in [4.69, 9.17) is 4.74 Å². The van der Waals surface area contributed by atoms with Gasteiger partial charge in [-0.05, 0) is 109 Å². The predicted molar refractivity (Wildman–Crippen MR) is 156 cm³/mol. The molecule has 0 aliphatic heterocycles. The maximum atomic E-state index is 12.9. The SMILES string of the molecule is CC(C)CCC[C@H](C)[C@@H]1CC[C@@H]2[C@H]3CC=C4C[C@@H](OC(=O)c5cccc(N([O-])O)c5)CC[C@]4(C)[C@@H]3CC[C@@]21C. The number of nitrogens with zero attached hydrogens (tertiary/aromatic N) is 1. The molecule has 5 rings (SSSR count). The van der Waals surface area contributed by atoms with E-state index in [0.717, 1.165) is 54.8 Å². The lowest BCUT2D eigenvalue weighted by molar-refractivity contribution is -0.0594. The van der Waals surface area contributed by atoms with E-state index in [0.29, 0.717) is 11.0 Å². The van der Waals surface area contributed by atoms with Gasteiger partial charge in [0.25, 0.3) is 0 Å². The van der Waals surface area contributed by atoms with Crippen molar-refractivity contribution in [3.05, 3.63) is 46.7 Å². The number of benzene rings is 1. The summed E-state index contributed by atoms with van der Waals surface area (Å²) < 4.78 is 5.93. The lowest BCUT2D eigenvalue weighted by Crippen LogP contribution is -2.51. The third kappa shape index (κ3) is 5.43. The fourth-order valence-electron chi connectivity index (χ4n) is 9.72. The molecule has 216 valence electrons. The fraction of sp³-hybridized carbons (Fsp3) is 0.735. The van der Waals surface area contributed by atoms with Crippen LogP contribution in [0.2, 0.25) is 0 Å². The second-order valence-electron chi connectivity index (χ2n) is 14.4. The number of hydrogen-bond donors (Lipinski definition) is 1. The summed E-state index contributed by atoms with van der Waals surface area (Å²) in [6.07, 6.45) is 16.0. The Morgan fingerprint density at radius 2 is 1.90 bits per heavy atom. The summed E-state index contributed by atoms with van der Waals surface area (Å²) in [5.41, 5.74) is 2.55. The standard InChI is InChI=1S/C34H50NO4/c1-22(2)8-6-9-23(3)29-14-15-30-28-13-12-25-21-27(16-18-33(25,4)31(28)17-19-34(29,30)5)39-32(36)24-10-7-11-26(20-24)35(37)38/h7,10-12,20,22-23,27-31,37H,6,8-9,13-19,21H2,1-5H3/q-1/t23-,27-,28+,29-,30+,31+,33-,34+/m0/s1. The molecule has 0 radical (unpaired) electrons. The summed E-state index contributed by atoms with van der Waals surface area (Å²) in [5.74, 6) is 4.48. The van der Waals surface area contributed by atoms with Crippen molar-refractivity contribution in [2.75, 3.05) is 5.23 Å². The monoisotopic (exact) mass is 536 g/mol. The highest BCUT2D eigenvalue weighted by Gasteiger charge is 2.59. The van der Waals surface area contributed by atoms with Crippen LogP contribution in [0.5, 0.6) is 0 Å². The molecule has 5 heteroatoms. The van der Waals surface area contributed by atoms with E-state index in [9.17, 15) is 15.2 Å². The van der Waals surface area contributed by atoms with Gasteiger partial charge in [-0.25, -0.2) is 4.79 Å². The molecule has 1 aromatic carbocycles. The highest BCUT2D eigenvalue weighted by molar-refractivity contribution is 5.90. The Labute approximate surface area is 235 Å². The number of ether oxygens (including phenoxy) is 1. The van der Waals surface area contributed by atoms with Gasteiger partial charge in [-0.3, -0.25) is 5.21 Å². The molecule has 0 amide bonds. The highest BCUT2D eigenvalue weighted by atomic mass is 16.8. The minimum atomic E-state index is -0.422. The first kappa shape index (κ1) is 28.7. The molecule has 8 atom stereocenters. The van der Waals surface area contributed by atoms with Crippen LogP contribution in [-0.2, 0) is 4.74 Å². The Morgan fingerprint density at radius 1 is 1.10 bits per heavy atom. The van der Waals surface area contributed by atoms with Crippen molar-refractivity contribution in [2.24, 2.45) is 46.3 Å². The molecule has 0 saturated heterocycles. The Bertz CT molecular complexity index is 1070. The summed E-state index contributed by atoms with van der Waals surface area (Å²) in [5, 5.41) is 20.2. The number of fused-ring (bicyclic) bond motifs is 5. The van der Waals surface area contributed by atoms with Gasteiger partial charge in [-0.2, -0.15) is 0 Å². The summed E-state index contributed by atoms with van der Waals surface area (Å²) >= 11 is 0. The van der Waals surface area contributed by atoms with Crippen LogP contribution in [0.25, 0.3) is 0 Å². The normalized spacial score (nSPS) is 36.4. The first-order valence-electron chi connectivity index (χ1n) is 15.7. The second kappa shape index (κ2) is 11.2. The zero-order valence-corrected chi connectivity index (χ0v) is 24.8. The topological polar surface area (TPSA) is 72.8 Å². The number of carbonyl (C=O) groups is 1. The molecular formula is C34H50NO4-. The van der Waals surface area contributed by atoms with Gasteiger partial charge in [0.2, 0.25) is 0 Å². The van der Waals surface area contributed by atoms with Crippen LogP contribution in [0.15, 0.2) is 35.9 Å². The van der Waals surface area contributed by atoms with Crippen LogP contribution in [0.3, 0.4) is 0 Å². The largest absolute Gasteiger partial charge is 0.733 e. The third-order valence-corrected chi connectivity index (χ3v) is 11.8. The van der Waals surface area contributed by atoms with Gasteiger partial charge >= 0.3 is 5.97 Å². The maximum Gasteiger partial charge on any atom is 0.338 e. The first-order chi connectivity index (χ1) is 18.5. The van der Waals surface area contributed by atoms with Crippen molar-refractivity contribution in [3.8, 4) is 0 Å². The van der Waals surface area contributed by atoms with E-state index in [2.05, 4.69) is 40.7 Å². The molecule has 39 heavy (non-hydrogen) atoms. The van der Waals surface area contributed by atoms with E-state index in [-0.39, 0.29) is 22.4 Å². The number of carbonyl (C=O) groups excluding carboxylic acids is 1. The molecule has 4 aliphatic rings. The lowest BCUT2D eigenvalue weighted by Gasteiger charge is -2.58. The molecule has 4 aliphatic carbocycles. The quantitative estimate of drug-likeness (QED) is 0.204. The molecule has 0 bridgehead atoms. The van der Waals surface area contributed by atoms with E-state index < -0.39 is 5.97 Å². The van der Waals surface area contributed by atoms with Gasteiger partial charge in [-0.15, -0.1) is 0 Å². The number of anilines is 1. The van der Waals surface area contributed by atoms with Crippen LogP contribution in [0.1, 0.15) is 116 Å².